The van der Waals surface area contributed by atoms with Gasteiger partial charge in [-0.25, -0.2) is 0 Å². The van der Waals surface area contributed by atoms with Crippen LogP contribution in [0.5, 0.6) is 0 Å². The highest BCUT2D eigenvalue weighted by Crippen LogP contribution is 2.24. The van der Waals surface area contributed by atoms with Crippen molar-refractivity contribution in [1.29, 1.82) is 0 Å². The van der Waals surface area contributed by atoms with Crippen molar-refractivity contribution < 1.29 is 4.79 Å². The molecule has 0 aromatic carbocycles. The van der Waals surface area contributed by atoms with Crippen LogP contribution in [0.4, 0.5) is 5.69 Å². The molecule has 1 atom stereocenters. The summed E-state index contributed by atoms with van der Waals surface area (Å²) in [4.78, 5) is 21.3. The van der Waals surface area contributed by atoms with Crippen LogP contribution in [0.2, 0.25) is 0 Å². The molecule has 5 heteroatoms. The second kappa shape index (κ2) is 5.79. The summed E-state index contributed by atoms with van der Waals surface area (Å²) in [6, 6.07) is 2.39. The Hall–Kier alpha value is -1.62. The molecule has 1 aromatic rings. The molecule has 1 aromatic heterocycles. The molecule has 2 aliphatic heterocycles. The van der Waals surface area contributed by atoms with Gasteiger partial charge >= 0.3 is 0 Å². The third-order valence-electron chi connectivity index (χ3n) is 4.29. The van der Waals surface area contributed by atoms with Gasteiger partial charge in [-0.2, -0.15) is 0 Å². The van der Waals surface area contributed by atoms with Crippen molar-refractivity contribution in [3.63, 3.8) is 0 Å². The first kappa shape index (κ1) is 13.4. The SMILES string of the molecule is CCNc1cnccc1C(=O)N1CCN2CCCC2C1. The lowest BCUT2D eigenvalue weighted by Crippen LogP contribution is -2.52. The molecular weight excluding hydrogens is 252 g/mol. The summed E-state index contributed by atoms with van der Waals surface area (Å²) in [7, 11) is 0. The van der Waals surface area contributed by atoms with Crippen LogP contribution in [0.3, 0.4) is 0 Å². The van der Waals surface area contributed by atoms with E-state index in [0.717, 1.165) is 37.4 Å². The monoisotopic (exact) mass is 274 g/mol. The number of hydrogen-bond acceptors (Lipinski definition) is 4. The van der Waals surface area contributed by atoms with E-state index in [1.165, 1.54) is 19.4 Å². The van der Waals surface area contributed by atoms with Crippen LogP contribution in [0.1, 0.15) is 30.1 Å². The van der Waals surface area contributed by atoms with E-state index >= 15 is 0 Å². The number of carbonyl (C=O) groups excluding carboxylic acids is 1. The lowest BCUT2D eigenvalue weighted by Gasteiger charge is -2.37. The van der Waals surface area contributed by atoms with Crippen LogP contribution in [0.25, 0.3) is 0 Å². The van der Waals surface area contributed by atoms with Crippen LogP contribution in [-0.4, -0.2) is 59.5 Å². The summed E-state index contributed by atoms with van der Waals surface area (Å²) < 4.78 is 0. The molecule has 1 N–H and O–H groups in total. The van der Waals surface area contributed by atoms with Crippen molar-refractivity contribution in [2.24, 2.45) is 0 Å². The Morgan fingerprint density at radius 2 is 2.35 bits per heavy atom. The van der Waals surface area contributed by atoms with E-state index in [9.17, 15) is 4.79 Å². The zero-order chi connectivity index (χ0) is 13.9. The summed E-state index contributed by atoms with van der Waals surface area (Å²) >= 11 is 0. The maximum absolute atomic E-state index is 12.7. The van der Waals surface area contributed by atoms with Gasteiger partial charge in [0.05, 0.1) is 17.4 Å². The molecule has 3 rings (SSSR count). The van der Waals surface area contributed by atoms with Crippen LogP contribution in [0, 0.1) is 0 Å². The number of nitrogens with zero attached hydrogens (tertiary/aromatic N) is 3. The quantitative estimate of drug-likeness (QED) is 0.906. The minimum absolute atomic E-state index is 0.134. The number of nitrogens with one attached hydrogen (secondary N) is 1. The van der Waals surface area contributed by atoms with E-state index < -0.39 is 0 Å². The van der Waals surface area contributed by atoms with Gasteiger partial charge in [0, 0.05) is 38.4 Å². The predicted octanol–water partition coefficient (Wildman–Crippen LogP) is 1.43. The number of rotatable bonds is 3. The van der Waals surface area contributed by atoms with Gasteiger partial charge in [-0.1, -0.05) is 0 Å². The maximum Gasteiger partial charge on any atom is 0.256 e. The number of pyridine rings is 1. The van der Waals surface area contributed by atoms with Gasteiger partial charge in [0.25, 0.3) is 5.91 Å². The molecule has 0 radical (unpaired) electrons. The van der Waals surface area contributed by atoms with Gasteiger partial charge in [-0.3, -0.25) is 14.7 Å². The number of piperazine rings is 1. The first-order valence-corrected chi connectivity index (χ1v) is 7.51. The lowest BCUT2D eigenvalue weighted by molar-refractivity contribution is 0.0572. The van der Waals surface area contributed by atoms with Gasteiger partial charge < -0.3 is 10.2 Å². The molecule has 3 heterocycles. The second-order valence-corrected chi connectivity index (χ2v) is 5.53. The molecule has 2 saturated heterocycles. The molecule has 2 fully saturated rings. The average Bonchev–Trinajstić information content (AvgIpc) is 2.95. The molecule has 0 saturated carbocycles. The predicted molar refractivity (Wildman–Crippen MR) is 78.9 cm³/mol. The summed E-state index contributed by atoms with van der Waals surface area (Å²) in [5, 5.41) is 3.22. The lowest BCUT2D eigenvalue weighted by atomic mass is 10.1. The van der Waals surface area contributed by atoms with Crippen molar-refractivity contribution in [2.75, 3.05) is 38.0 Å². The molecule has 20 heavy (non-hydrogen) atoms. The highest BCUT2D eigenvalue weighted by Gasteiger charge is 2.33. The van der Waals surface area contributed by atoms with Gasteiger partial charge in [0.2, 0.25) is 0 Å². The molecule has 2 aliphatic rings. The maximum atomic E-state index is 12.7. The number of amides is 1. The molecule has 0 bridgehead atoms. The fourth-order valence-corrected chi connectivity index (χ4v) is 3.26. The second-order valence-electron chi connectivity index (χ2n) is 5.53. The van der Waals surface area contributed by atoms with Gasteiger partial charge in [-0.05, 0) is 32.4 Å². The molecule has 0 spiro atoms. The number of carbonyl (C=O) groups is 1. The topological polar surface area (TPSA) is 48.5 Å². The van der Waals surface area contributed by atoms with E-state index in [4.69, 9.17) is 0 Å². The third-order valence-corrected chi connectivity index (χ3v) is 4.29. The fourth-order valence-electron chi connectivity index (χ4n) is 3.26. The molecular formula is C15H22N4O. The summed E-state index contributed by atoms with van der Waals surface area (Å²) in [5.74, 6) is 0.134. The Bertz CT molecular complexity index is 491. The minimum atomic E-state index is 0.134. The van der Waals surface area contributed by atoms with Crippen molar-refractivity contribution in [2.45, 2.75) is 25.8 Å². The Labute approximate surface area is 120 Å². The smallest absolute Gasteiger partial charge is 0.256 e. The summed E-state index contributed by atoms with van der Waals surface area (Å²) in [5.41, 5.74) is 1.59. The highest BCUT2D eigenvalue weighted by atomic mass is 16.2. The van der Waals surface area contributed by atoms with Crippen LogP contribution in [-0.2, 0) is 0 Å². The third kappa shape index (κ3) is 2.50. The summed E-state index contributed by atoms with van der Waals surface area (Å²) in [6.45, 7) is 6.74. The van der Waals surface area contributed by atoms with E-state index in [1.807, 2.05) is 17.9 Å². The normalized spacial score (nSPS) is 22.6. The number of hydrogen-bond donors (Lipinski definition) is 1. The van der Waals surface area contributed by atoms with Crippen molar-refractivity contribution in [3.05, 3.63) is 24.0 Å². The largest absolute Gasteiger partial charge is 0.383 e. The Kier molecular flexibility index (Phi) is 3.87. The van der Waals surface area contributed by atoms with Gasteiger partial charge in [0.1, 0.15) is 0 Å². The number of fused-ring (bicyclic) bond motifs is 1. The van der Waals surface area contributed by atoms with E-state index in [1.54, 1.807) is 12.4 Å². The van der Waals surface area contributed by atoms with Gasteiger partial charge in [0.15, 0.2) is 0 Å². The zero-order valence-electron chi connectivity index (χ0n) is 12.0. The van der Waals surface area contributed by atoms with Crippen LogP contribution in [0.15, 0.2) is 18.5 Å². The van der Waals surface area contributed by atoms with Crippen LogP contribution >= 0.6 is 0 Å². The first-order chi connectivity index (χ1) is 9.79. The molecule has 1 unspecified atom stereocenters. The van der Waals surface area contributed by atoms with Crippen molar-refractivity contribution >= 4 is 11.6 Å². The van der Waals surface area contributed by atoms with E-state index in [2.05, 4.69) is 15.2 Å². The number of anilines is 1. The standard InChI is InChI=1S/C15H22N4O/c1-2-17-14-10-16-6-5-13(14)15(20)19-9-8-18-7-3-4-12(18)11-19/h5-6,10,12,17H,2-4,7-9,11H2,1H3. The zero-order valence-corrected chi connectivity index (χ0v) is 12.0. The van der Waals surface area contributed by atoms with Crippen molar-refractivity contribution in [1.82, 2.24) is 14.8 Å². The van der Waals surface area contributed by atoms with E-state index in [0.29, 0.717) is 6.04 Å². The Balaban J connectivity index is 1.75. The van der Waals surface area contributed by atoms with Crippen molar-refractivity contribution in [3.8, 4) is 0 Å². The molecule has 1 amide bonds. The molecule has 108 valence electrons. The summed E-state index contributed by atoms with van der Waals surface area (Å²) in [6.07, 6.45) is 5.92. The highest BCUT2D eigenvalue weighted by molar-refractivity contribution is 5.99. The fraction of sp³-hybridized carbons (Fsp3) is 0.600. The average molecular weight is 274 g/mol. The first-order valence-electron chi connectivity index (χ1n) is 7.51. The minimum Gasteiger partial charge on any atom is -0.383 e. The Morgan fingerprint density at radius 3 is 3.20 bits per heavy atom. The molecule has 0 aliphatic carbocycles. The van der Waals surface area contributed by atoms with E-state index in [-0.39, 0.29) is 5.91 Å². The Morgan fingerprint density at radius 1 is 1.45 bits per heavy atom. The van der Waals surface area contributed by atoms with Crippen LogP contribution < -0.4 is 5.32 Å². The number of aromatic nitrogens is 1. The molecule has 5 nitrogen and oxygen atoms in total. The van der Waals surface area contributed by atoms with Gasteiger partial charge in [-0.15, -0.1) is 0 Å².